The van der Waals surface area contributed by atoms with E-state index in [1.165, 1.54) is 12.8 Å². The molecule has 2 fully saturated rings. The van der Waals surface area contributed by atoms with Gasteiger partial charge in [-0.25, -0.2) is 0 Å². The lowest BCUT2D eigenvalue weighted by molar-refractivity contribution is -0.151. The Balaban J connectivity index is 1.76. The van der Waals surface area contributed by atoms with E-state index in [-0.39, 0.29) is 5.97 Å². The zero-order valence-corrected chi connectivity index (χ0v) is 13.8. The van der Waals surface area contributed by atoms with Crippen LogP contribution in [0.4, 0.5) is 0 Å². The van der Waals surface area contributed by atoms with Crippen molar-refractivity contribution in [2.75, 3.05) is 13.2 Å². The van der Waals surface area contributed by atoms with Gasteiger partial charge in [-0.2, -0.15) is 0 Å². The molecule has 0 aromatic carbocycles. The van der Waals surface area contributed by atoms with Crippen molar-refractivity contribution in [3.8, 4) is 0 Å². The van der Waals surface area contributed by atoms with E-state index in [1.54, 1.807) is 0 Å². The molecule has 4 nitrogen and oxygen atoms in total. The molecule has 0 heterocycles. The van der Waals surface area contributed by atoms with Crippen molar-refractivity contribution in [2.45, 2.75) is 83.4 Å². The summed E-state index contributed by atoms with van der Waals surface area (Å²) in [6.45, 7) is 7.19. The predicted molar refractivity (Wildman–Crippen MR) is 83.2 cm³/mol. The van der Waals surface area contributed by atoms with E-state index >= 15 is 0 Å². The van der Waals surface area contributed by atoms with Crippen molar-refractivity contribution < 1.29 is 14.3 Å². The highest BCUT2D eigenvalue weighted by Gasteiger charge is 2.39. The fourth-order valence-electron chi connectivity index (χ4n) is 3.03. The van der Waals surface area contributed by atoms with Crippen molar-refractivity contribution in [1.82, 2.24) is 5.32 Å². The minimum Gasteiger partial charge on any atom is -0.465 e. The van der Waals surface area contributed by atoms with Gasteiger partial charge in [-0.3, -0.25) is 10.1 Å². The number of hydrogen-bond donors (Lipinski definition) is 1. The van der Waals surface area contributed by atoms with E-state index < -0.39 is 5.54 Å². The molecular formula is C17H31NO3. The number of rotatable bonds is 8. The molecule has 1 atom stereocenters. The van der Waals surface area contributed by atoms with Gasteiger partial charge in [0.1, 0.15) is 5.54 Å². The van der Waals surface area contributed by atoms with Crippen molar-refractivity contribution in [2.24, 2.45) is 5.92 Å². The molecule has 0 aromatic heterocycles. The summed E-state index contributed by atoms with van der Waals surface area (Å²) >= 11 is 0. The molecule has 2 rings (SSSR count). The third-order valence-electron chi connectivity index (χ3n) is 4.74. The Morgan fingerprint density at radius 1 is 1.19 bits per heavy atom. The SMILES string of the molecule is CCOC(=O)C(C)(CCOC1CCC(C)CC1)NC1CC1. The molecule has 4 heteroatoms. The summed E-state index contributed by atoms with van der Waals surface area (Å²) < 4.78 is 11.2. The first-order chi connectivity index (χ1) is 10.0. The first-order valence-corrected chi connectivity index (χ1v) is 8.60. The molecule has 0 radical (unpaired) electrons. The Bertz CT molecular complexity index is 335. The highest BCUT2D eigenvalue weighted by atomic mass is 16.5. The molecule has 0 spiro atoms. The zero-order chi connectivity index (χ0) is 15.3. The Labute approximate surface area is 129 Å². The minimum absolute atomic E-state index is 0.141. The van der Waals surface area contributed by atoms with Crippen LogP contribution in [0.5, 0.6) is 0 Å². The molecule has 0 aliphatic heterocycles. The quantitative estimate of drug-likeness (QED) is 0.700. The number of ether oxygens (including phenoxy) is 2. The molecule has 0 saturated heterocycles. The molecule has 2 saturated carbocycles. The summed E-state index contributed by atoms with van der Waals surface area (Å²) in [5.41, 5.74) is -0.598. The summed E-state index contributed by atoms with van der Waals surface area (Å²) in [4.78, 5) is 12.2. The van der Waals surface area contributed by atoms with Gasteiger partial charge in [0, 0.05) is 12.6 Å². The molecule has 0 amide bonds. The average Bonchev–Trinajstić information content (AvgIpc) is 3.25. The molecule has 0 aromatic rings. The maximum absolute atomic E-state index is 12.2. The van der Waals surface area contributed by atoms with E-state index in [4.69, 9.17) is 9.47 Å². The fourth-order valence-corrected chi connectivity index (χ4v) is 3.03. The summed E-state index contributed by atoms with van der Waals surface area (Å²) in [6, 6.07) is 0.481. The lowest BCUT2D eigenvalue weighted by Gasteiger charge is -2.31. The highest BCUT2D eigenvalue weighted by molar-refractivity contribution is 5.80. The van der Waals surface area contributed by atoms with Crippen LogP contribution in [0, 0.1) is 5.92 Å². The van der Waals surface area contributed by atoms with Crippen molar-refractivity contribution in [3.63, 3.8) is 0 Å². The van der Waals surface area contributed by atoms with Crippen LogP contribution in [0.1, 0.15) is 65.7 Å². The van der Waals surface area contributed by atoms with Gasteiger partial charge in [0.2, 0.25) is 0 Å². The average molecular weight is 297 g/mol. The van der Waals surface area contributed by atoms with Gasteiger partial charge in [-0.15, -0.1) is 0 Å². The van der Waals surface area contributed by atoms with Crippen LogP contribution in [0.2, 0.25) is 0 Å². The summed E-state index contributed by atoms with van der Waals surface area (Å²) in [5, 5.41) is 3.44. The standard InChI is InChI=1S/C17H31NO3/c1-4-20-16(19)17(3,18-14-7-8-14)11-12-21-15-9-5-13(2)6-10-15/h13-15,18H,4-12H2,1-3H3. The van der Waals surface area contributed by atoms with E-state index in [0.717, 1.165) is 31.6 Å². The summed E-state index contributed by atoms with van der Waals surface area (Å²) in [6.07, 6.45) is 8.25. The van der Waals surface area contributed by atoms with E-state index in [9.17, 15) is 4.79 Å². The van der Waals surface area contributed by atoms with E-state index in [2.05, 4.69) is 12.2 Å². The summed E-state index contributed by atoms with van der Waals surface area (Å²) in [5.74, 6) is 0.698. The minimum atomic E-state index is -0.598. The van der Waals surface area contributed by atoms with Crippen LogP contribution in [0.15, 0.2) is 0 Å². The third kappa shape index (κ3) is 5.26. The van der Waals surface area contributed by atoms with Crippen molar-refractivity contribution in [1.29, 1.82) is 0 Å². The van der Waals surface area contributed by atoms with Crippen molar-refractivity contribution >= 4 is 5.97 Å². The van der Waals surface area contributed by atoms with Gasteiger partial charge in [-0.05, 0) is 64.7 Å². The van der Waals surface area contributed by atoms with Gasteiger partial charge in [0.25, 0.3) is 0 Å². The smallest absolute Gasteiger partial charge is 0.326 e. The molecule has 21 heavy (non-hydrogen) atoms. The van der Waals surface area contributed by atoms with Gasteiger partial charge in [0.05, 0.1) is 12.7 Å². The van der Waals surface area contributed by atoms with Crippen LogP contribution < -0.4 is 5.32 Å². The van der Waals surface area contributed by atoms with Crippen LogP contribution in [-0.2, 0) is 14.3 Å². The van der Waals surface area contributed by atoms with E-state index in [1.807, 2.05) is 13.8 Å². The fraction of sp³-hybridized carbons (Fsp3) is 0.941. The van der Waals surface area contributed by atoms with Crippen LogP contribution in [-0.4, -0.2) is 36.9 Å². The third-order valence-corrected chi connectivity index (χ3v) is 4.74. The number of esters is 1. The molecular weight excluding hydrogens is 266 g/mol. The Kier molecular flexibility index (Phi) is 6.06. The van der Waals surface area contributed by atoms with Crippen LogP contribution >= 0.6 is 0 Å². The van der Waals surface area contributed by atoms with Gasteiger partial charge in [-0.1, -0.05) is 6.92 Å². The molecule has 2 aliphatic carbocycles. The lowest BCUT2D eigenvalue weighted by Crippen LogP contribution is -2.52. The van der Waals surface area contributed by atoms with Crippen LogP contribution in [0.25, 0.3) is 0 Å². The monoisotopic (exact) mass is 297 g/mol. The topological polar surface area (TPSA) is 47.6 Å². The van der Waals surface area contributed by atoms with Gasteiger partial charge < -0.3 is 9.47 Å². The van der Waals surface area contributed by atoms with Crippen molar-refractivity contribution in [3.05, 3.63) is 0 Å². The maximum atomic E-state index is 12.2. The first-order valence-electron chi connectivity index (χ1n) is 8.60. The zero-order valence-electron chi connectivity index (χ0n) is 13.8. The largest absolute Gasteiger partial charge is 0.465 e. The van der Waals surface area contributed by atoms with E-state index in [0.29, 0.717) is 31.8 Å². The Hall–Kier alpha value is -0.610. The second-order valence-corrected chi connectivity index (χ2v) is 6.97. The molecule has 0 bridgehead atoms. The Morgan fingerprint density at radius 3 is 2.43 bits per heavy atom. The van der Waals surface area contributed by atoms with Crippen LogP contribution in [0.3, 0.4) is 0 Å². The van der Waals surface area contributed by atoms with Gasteiger partial charge >= 0.3 is 5.97 Å². The first kappa shape index (κ1) is 16.8. The highest BCUT2D eigenvalue weighted by Crippen LogP contribution is 2.27. The molecule has 122 valence electrons. The molecule has 1 N–H and O–H groups in total. The number of hydrogen-bond acceptors (Lipinski definition) is 4. The normalized spacial score (nSPS) is 28.9. The molecule has 1 unspecified atom stereocenters. The Morgan fingerprint density at radius 2 is 1.86 bits per heavy atom. The second-order valence-electron chi connectivity index (χ2n) is 6.97. The second kappa shape index (κ2) is 7.59. The maximum Gasteiger partial charge on any atom is 0.326 e. The predicted octanol–water partition coefficient (Wildman–Crippen LogP) is 3.05. The summed E-state index contributed by atoms with van der Waals surface area (Å²) in [7, 11) is 0. The van der Waals surface area contributed by atoms with Gasteiger partial charge in [0.15, 0.2) is 0 Å². The number of carbonyl (C=O) groups excluding carboxylic acids is 1. The number of nitrogens with one attached hydrogen (secondary N) is 1. The number of carbonyl (C=O) groups is 1. The molecule has 2 aliphatic rings. The lowest BCUT2D eigenvalue weighted by atomic mass is 9.89.